The van der Waals surface area contributed by atoms with Crippen LogP contribution in [0.3, 0.4) is 0 Å². The van der Waals surface area contributed by atoms with Crippen molar-refractivity contribution in [3.8, 4) is 5.75 Å². The van der Waals surface area contributed by atoms with Crippen molar-refractivity contribution in [3.05, 3.63) is 62.8 Å². The Hall–Kier alpha value is -1.10. The number of rotatable bonds is 4. The molecular weight excluding hydrogens is 345 g/mol. The van der Waals surface area contributed by atoms with Gasteiger partial charge in [-0.3, -0.25) is 0 Å². The molecule has 2 aromatic rings. The largest absolute Gasteiger partial charge is 0.487 e. The third kappa shape index (κ3) is 3.51. The van der Waals surface area contributed by atoms with Crippen molar-refractivity contribution < 1.29 is 9.13 Å². The maximum atomic E-state index is 13.4. The van der Waals surface area contributed by atoms with Gasteiger partial charge in [-0.1, -0.05) is 29.8 Å². The molecule has 2 aromatic carbocycles. The average molecular weight is 359 g/mol. The van der Waals surface area contributed by atoms with Crippen LogP contribution in [-0.2, 0) is 6.61 Å². The van der Waals surface area contributed by atoms with Crippen molar-refractivity contribution in [1.82, 2.24) is 0 Å². The quantitative estimate of drug-likeness (QED) is 0.848. The Labute approximate surface area is 130 Å². The van der Waals surface area contributed by atoms with Crippen molar-refractivity contribution >= 4 is 27.5 Å². The average Bonchev–Trinajstić information content (AvgIpc) is 2.41. The molecule has 5 heteroatoms. The van der Waals surface area contributed by atoms with Crippen LogP contribution in [0, 0.1) is 5.82 Å². The number of benzene rings is 2. The van der Waals surface area contributed by atoms with Gasteiger partial charge in [0.05, 0.1) is 9.50 Å². The Balaban J connectivity index is 2.13. The van der Waals surface area contributed by atoms with E-state index in [1.807, 2.05) is 13.0 Å². The number of halogens is 3. The third-order valence-corrected chi connectivity index (χ3v) is 4.08. The second kappa shape index (κ2) is 6.57. The SMILES string of the molecule is C[C@@H](N)c1ccc(OCc2cccc(F)c2Br)c(Cl)c1. The van der Waals surface area contributed by atoms with Crippen molar-refractivity contribution in [2.24, 2.45) is 5.73 Å². The lowest BCUT2D eigenvalue weighted by molar-refractivity contribution is 0.304. The number of ether oxygens (including phenoxy) is 1. The molecule has 0 aliphatic carbocycles. The summed E-state index contributed by atoms with van der Waals surface area (Å²) in [6.45, 7) is 2.12. The number of nitrogens with two attached hydrogens (primary N) is 1. The van der Waals surface area contributed by atoms with E-state index in [0.29, 0.717) is 15.2 Å². The molecule has 2 N–H and O–H groups in total. The molecule has 0 heterocycles. The van der Waals surface area contributed by atoms with Crippen molar-refractivity contribution in [2.45, 2.75) is 19.6 Å². The highest BCUT2D eigenvalue weighted by atomic mass is 79.9. The molecule has 0 aromatic heterocycles. The van der Waals surface area contributed by atoms with Crippen LogP contribution in [0.1, 0.15) is 24.1 Å². The van der Waals surface area contributed by atoms with Crippen molar-refractivity contribution in [2.75, 3.05) is 0 Å². The standard InChI is InChI=1S/C15H14BrClFNO/c1-9(19)10-5-6-14(12(17)7-10)20-8-11-3-2-4-13(18)15(11)16/h2-7,9H,8,19H2,1H3/t9-/m1/s1. The van der Waals surface area contributed by atoms with Crippen LogP contribution in [-0.4, -0.2) is 0 Å². The van der Waals surface area contributed by atoms with Crippen LogP contribution >= 0.6 is 27.5 Å². The molecule has 0 bridgehead atoms. The van der Waals surface area contributed by atoms with Crippen LogP contribution in [0.4, 0.5) is 4.39 Å². The summed E-state index contributed by atoms with van der Waals surface area (Å²) < 4.78 is 19.4. The van der Waals surface area contributed by atoms with E-state index in [0.717, 1.165) is 11.1 Å². The molecule has 0 radical (unpaired) electrons. The summed E-state index contributed by atoms with van der Waals surface area (Å²) in [6.07, 6.45) is 0. The second-order valence-electron chi connectivity index (χ2n) is 4.48. The first-order chi connectivity index (χ1) is 9.49. The molecule has 0 aliphatic heterocycles. The van der Waals surface area contributed by atoms with Gasteiger partial charge in [-0.05, 0) is 46.6 Å². The van der Waals surface area contributed by atoms with Crippen molar-refractivity contribution in [1.29, 1.82) is 0 Å². The van der Waals surface area contributed by atoms with E-state index in [9.17, 15) is 4.39 Å². The zero-order chi connectivity index (χ0) is 14.7. The topological polar surface area (TPSA) is 35.2 Å². The Morgan fingerprint density at radius 2 is 2.10 bits per heavy atom. The molecule has 0 aliphatic rings. The van der Waals surface area contributed by atoms with Gasteiger partial charge in [0.15, 0.2) is 0 Å². The summed E-state index contributed by atoms with van der Waals surface area (Å²) in [5.41, 5.74) is 7.45. The maximum Gasteiger partial charge on any atom is 0.138 e. The predicted molar refractivity (Wildman–Crippen MR) is 82.5 cm³/mol. The molecule has 0 amide bonds. The fourth-order valence-corrected chi connectivity index (χ4v) is 2.36. The van der Waals surface area contributed by atoms with Gasteiger partial charge >= 0.3 is 0 Å². The van der Waals surface area contributed by atoms with Crippen LogP contribution in [0.15, 0.2) is 40.9 Å². The van der Waals surface area contributed by atoms with E-state index in [1.165, 1.54) is 6.07 Å². The van der Waals surface area contributed by atoms with Crippen LogP contribution in [0.2, 0.25) is 5.02 Å². The number of hydrogen-bond acceptors (Lipinski definition) is 2. The van der Waals surface area contributed by atoms with Crippen LogP contribution in [0.5, 0.6) is 5.75 Å². The highest BCUT2D eigenvalue weighted by Gasteiger charge is 2.09. The van der Waals surface area contributed by atoms with E-state index in [4.69, 9.17) is 22.1 Å². The second-order valence-corrected chi connectivity index (χ2v) is 5.68. The van der Waals surface area contributed by atoms with Crippen LogP contribution in [0.25, 0.3) is 0 Å². The van der Waals surface area contributed by atoms with Crippen molar-refractivity contribution in [3.63, 3.8) is 0 Å². The summed E-state index contributed by atoms with van der Waals surface area (Å²) in [5, 5.41) is 0.493. The summed E-state index contributed by atoms with van der Waals surface area (Å²) in [6, 6.07) is 10.1. The Morgan fingerprint density at radius 1 is 1.35 bits per heavy atom. The molecule has 20 heavy (non-hydrogen) atoms. The van der Waals surface area contributed by atoms with Gasteiger partial charge < -0.3 is 10.5 Å². The zero-order valence-electron chi connectivity index (χ0n) is 10.9. The molecule has 2 nitrogen and oxygen atoms in total. The monoisotopic (exact) mass is 357 g/mol. The first-order valence-electron chi connectivity index (χ1n) is 6.09. The fraction of sp³-hybridized carbons (Fsp3) is 0.200. The smallest absolute Gasteiger partial charge is 0.138 e. The lowest BCUT2D eigenvalue weighted by atomic mass is 10.1. The van der Waals surface area contributed by atoms with E-state index in [1.54, 1.807) is 24.3 Å². The summed E-state index contributed by atoms with van der Waals surface area (Å²) in [7, 11) is 0. The molecule has 1 atom stereocenters. The maximum absolute atomic E-state index is 13.4. The normalized spacial score (nSPS) is 12.2. The van der Waals surface area contributed by atoms with Gasteiger partial charge in [0.25, 0.3) is 0 Å². The zero-order valence-corrected chi connectivity index (χ0v) is 13.2. The molecule has 106 valence electrons. The fourth-order valence-electron chi connectivity index (χ4n) is 1.73. The van der Waals surface area contributed by atoms with E-state index >= 15 is 0 Å². The molecule has 0 unspecified atom stereocenters. The first kappa shape index (κ1) is 15.3. The third-order valence-electron chi connectivity index (χ3n) is 2.90. The molecule has 0 fully saturated rings. The van der Waals surface area contributed by atoms with Gasteiger partial charge in [0.1, 0.15) is 18.2 Å². The molecule has 2 rings (SSSR count). The Morgan fingerprint density at radius 3 is 2.75 bits per heavy atom. The van der Waals surface area contributed by atoms with E-state index in [-0.39, 0.29) is 18.5 Å². The minimum Gasteiger partial charge on any atom is -0.487 e. The minimum atomic E-state index is -0.315. The lowest BCUT2D eigenvalue weighted by Gasteiger charge is -2.12. The van der Waals surface area contributed by atoms with Crippen LogP contribution < -0.4 is 10.5 Å². The summed E-state index contributed by atoms with van der Waals surface area (Å²) in [5.74, 6) is 0.233. The Bertz CT molecular complexity index is 619. The van der Waals surface area contributed by atoms with E-state index in [2.05, 4.69) is 15.9 Å². The highest BCUT2D eigenvalue weighted by Crippen LogP contribution is 2.29. The predicted octanol–water partition coefficient (Wildman–Crippen LogP) is 4.84. The highest BCUT2D eigenvalue weighted by molar-refractivity contribution is 9.10. The van der Waals surface area contributed by atoms with Gasteiger partial charge in [-0.25, -0.2) is 4.39 Å². The van der Waals surface area contributed by atoms with Gasteiger partial charge in [-0.15, -0.1) is 0 Å². The molecule has 0 saturated carbocycles. The van der Waals surface area contributed by atoms with Gasteiger partial charge in [-0.2, -0.15) is 0 Å². The lowest BCUT2D eigenvalue weighted by Crippen LogP contribution is -2.05. The first-order valence-corrected chi connectivity index (χ1v) is 7.27. The minimum absolute atomic E-state index is 0.0843. The van der Waals surface area contributed by atoms with E-state index < -0.39 is 0 Å². The molecular formula is C15H14BrClFNO. The molecule has 0 saturated heterocycles. The number of hydrogen-bond donors (Lipinski definition) is 1. The molecule has 0 spiro atoms. The van der Waals surface area contributed by atoms with Gasteiger partial charge in [0, 0.05) is 11.6 Å². The Kier molecular flexibility index (Phi) is 5.02. The van der Waals surface area contributed by atoms with Gasteiger partial charge in [0.2, 0.25) is 0 Å². The summed E-state index contributed by atoms with van der Waals surface area (Å²) >= 11 is 9.34. The summed E-state index contributed by atoms with van der Waals surface area (Å²) in [4.78, 5) is 0.